The van der Waals surface area contributed by atoms with Crippen LogP contribution >= 0.6 is 11.6 Å². The van der Waals surface area contributed by atoms with E-state index in [1.807, 2.05) is 28.0 Å². The molecule has 1 aliphatic heterocycles. The second-order valence-electron chi connectivity index (χ2n) is 7.97. The van der Waals surface area contributed by atoms with Crippen LogP contribution in [0, 0.1) is 0 Å². The molecule has 3 rings (SSSR count). The summed E-state index contributed by atoms with van der Waals surface area (Å²) in [4.78, 5) is 40.6. The third-order valence-electron chi connectivity index (χ3n) is 5.64. The molecule has 0 spiro atoms. The van der Waals surface area contributed by atoms with Crippen LogP contribution in [0.5, 0.6) is 0 Å². The highest BCUT2D eigenvalue weighted by Gasteiger charge is 2.23. The summed E-state index contributed by atoms with van der Waals surface area (Å²) in [5, 5.41) is 3.41. The molecule has 1 heterocycles. The van der Waals surface area contributed by atoms with E-state index in [1.54, 1.807) is 24.3 Å². The number of carbonyl (C=O) groups excluding carboxylic acids is 3. The van der Waals surface area contributed by atoms with E-state index >= 15 is 0 Å². The molecule has 3 amide bonds. The summed E-state index contributed by atoms with van der Waals surface area (Å²) in [6, 6.07) is 16.9. The first-order valence-corrected chi connectivity index (χ1v) is 11.5. The van der Waals surface area contributed by atoms with Gasteiger partial charge >= 0.3 is 0 Å². The lowest BCUT2D eigenvalue weighted by molar-refractivity contribution is -0.139. The Kier molecular flexibility index (Phi) is 9.11. The van der Waals surface area contributed by atoms with Gasteiger partial charge in [-0.25, -0.2) is 0 Å². The molecule has 6 nitrogen and oxygen atoms in total. The van der Waals surface area contributed by atoms with E-state index in [2.05, 4.69) is 17.4 Å². The average Bonchev–Trinajstić information content (AvgIpc) is 2.82. The summed E-state index contributed by atoms with van der Waals surface area (Å²) >= 11 is 5.83. The number of benzene rings is 2. The highest BCUT2D eigenvalue weighted by Crippen LogP contribution is 2.11. The Morgan fingerprint density at radius 3 is 1.94 bits per heavy atom. The number of hydrogen-bond donors (Lipinski definition) is 1. The van der Waals surface area contributed by atoms with Gasteiger partial charge in [-0.3, -0.25) is 14.4 Å². The fraction of sp³-hybridized carbons (Fsp3) is 0.400. The van der Waals surface area contributed by atoms with Crippen molar-refractivity contribution in [2.45, 2.75) is 32.1 Å². The van der Waals surface area contributed by atoms with E-state index < -0.39 is 0 Å². The van der Waals surface area contributed by atoms with Gasteiger partial charge in [-0.2, -0.15) is 0 Å². The number of aryl methyl sites for hydroxylation is 1. The van der Waals surface area contributed by atoms with Crippen LogP contribution in [0.15, 0.2) is 54.6 Å². The summed E-state index contributed by atoms with van der Waals surface area (Å²) in [6.07, 6.45) is 3.24. The topological polar surface area (TPSA) is 69.7 Å². The van der Waals surface area contributed by atoms with Crippen LogP contribution in [0.2, 0.25) is 5.02 Å². The lowest BCUT2D eigenvalue weighted by Gasteiger charge is -2.35. The van der Waals surface area contributed by atoms with E-state index in [9.17, 15) is 14.4 Å². The van der Waals surface area contributed by atoms with Crippen LogP contribution in [-0.4, -0.2) is 60.2 Å². The third kappa shape index (κ3) is 7.38. The molecular formula is C25H30ClN3O3. The molecule has 1 saturated heterocycles. The van der Waals surface area contributed by atoms with E-state index in [1.165, 1.54) is 5.56 Å². The molecule has 2 aromatic carbocycles. The van der Waals surface area contributed by atoms with E-state index in [-0.39, 0.29) is 17.7 Å². The second kappa shape index (κ2) is 12.2. The van der Waals surface area contributed by atoms with E-state index in [0.29, 0.717) is 62.6 Å². The van der Waals surface area contributed by atoms with Gasteiger partial charge in [0.05, 0.1) is 0 Å². The zero-order valence-corrected chi connectivity index (χ0v) is 19.0. The largest absolute Gasteiger partial charge is 0.352 e. The molecule has 32 heavy (non-hydrogen) atoms. The lowest BCUT2D eigenvalue weighted by atomic mass is 10.1. The van der Waals surface area contributed by atoms with Crippen molar-refractivity contribution < 1.29 is 14.4 Å². The number of amides is 3. The summed E-state index contributed by atoms with van der Waals surface area (Å²) in [7, 11) is 0. The number of carbonyl (C=O) groups is 3. The van der Waals surface area contributed by atoms with Crippen molar-refractivity contribution in [1.29, 1.82) is 0 Å². The van der Waals surface area contributed by atoms with Crippen LogP contribution in [0.3, 0.4) is 0 Å². The van der Waals surface area contributed by atoms with Crippen LogP contribution in [0.25, 0.3) is 0 Å². The smallest absolute Gasteiger partial charge is 0.251 e. The predicted octanol–water partition coefficient (Wildman–Crippen LogP) is 3.54. The van der Waals surface area contributed by atoms with Gasteiger partial charge in [-0.1, -0.05) is 41.9 Å². The summed E-state index contributed by atoms with van der Waals surface area (Å²) in [6.45, 7) is 2.75. The molecule has 1 fully saturated rings. The fourth-order valence-electron chi connectivity index (χ4n) is 3.75. The molecule has 1 aliphatic rings. The number of nitrogens with one attached hydrogen (secondary N) is 1. The van der Waals surface area contributed by atoms with Crippen molar-refractivity contribution in [3.63, 3.8) is 0 Å². The number of piperazine rings is 1. The zero-order chi connectivity index (χ0) is 22.8. The number of hydrogen-bond acceptors (Lipinski definition) is 3. The van der Waals surface area contributed by atoms with Gasteiger partial charge in [0.25, 0.3) is 5.91 Å². The Labute approximate surface area is 194 Å². The lowest BCUT2D eigenvalue weighted by Crippen LogP contribution is -2.50. The molecular weight excluding hydrogens is 426 g/mol. The standard InChI is InChI=1S/C25H30ClN3O3/c26-22-13-11-21(12-14-22)25(32)27-15-5-10-24(31)29-18-16-28(17-19-29)23(30)9-4-8-20-6-2-1-3-7-20/h1-3,6-7,11-14H,4-5,8-10,15-19H2,(H,27,32). The summed E-state index contributed by atoms with van der Waals surface area (Å²) in [5.74, 6) is 0.0633. The van der Waals surface area contributed by atoms with Gasteiger partial charge in [-0.15, -0.1) is 0 Å². The predicted molar refractivity (Wildman–Crippen MR) is 126 cm³/mol. The maximum atomic E-state index is 12.5. The van der Waals surface area contributed by atoms with Crippen molar-refractivity contribution in [2.24, 2.45) is 0 Å². The van der Waals surface area contributed by atoms with E-state index in [4.69, 9.17) is 11.6 Å². The minimum absolute atomic E-state index is 0.0712. The maximum Gasteiger partial charge on any atom is 0.251 e. The maximum absolute atomic E-state index is 12.5. The first kappa shape index (κ1) is 23.8. The molecule has 0 atom stereocenters. The Balaban J connectivity index is 1.28. The molecule has 0 aliphatic carbocycles. The normalized spacial score (nSPS) is 13.7. The fourth-order valence-corrected chi connectivity index (χ4v) is 3.88. The van der Waals surface area contributed by atoms with Gasteiger partial charge in [0, 0.05) is 56.2 Å². The monoisotopic (exact) mass is 455 g/mol. The van der Waals surface area contributed by atoms with Gasteiger partial charge in [0.2, 0.25) is 11.8 Å². The van der Waals surface area contributed by atoms with Gasteiger partial charge < -0.3 is 15.1 Å². The van der Waals surface area contributed by atoms with Gasteiger partial charge in [-0.05, 0) is 49.1 Å². The molecule has 0 unspecified atom stereocenters. The number of nitrogens with zero attached hydrogens (tertiary/aromatic N) is 2. The van der Waals surface area contributed by atoms with Gasteiger partial charge in [0.1, 0.15) is 0 Å². The minimum Gasteiger partial charge on any atom is -0.352 e. The quantitative estimate of drug-likeness (QED) is 0.588. The highest BCUT2D eigenvalue weighted by molar-refractivity contribution is 6.30. The van der Waals surface area contributed by atoms with Crippen LogP contribution in [0.1, 0.15) is 41.6 Å². The SMILES string of the molecule is O=C(NCCCC(=O)N1CCN(C(=O)CCCc2ccccc2)CC1)c1ccc(Cl)cc1. The van der Waals surface area contributed by atoms with Crippen molar-refractivity contribution in [2.75, 3.05) is 32.7 Å². The van der Waals surface area contributed by atoms with Crippen LogP contribution < -0.4 is 5.32 Å². The molecule has 2 aromatic rings. The Morgan fingerprint density at radius 2 is 1.34 bits per heavy atom. The second-order valence-corrected chi connectivity index (χ2v) is 8.40. The number of halogens is 1. The first-order valence-electron chi connectivity index (χ1n) is 11.2. The Morgan fingerprint density at radius 1 is 0.781 bits per heavy atom. The molecule has 0 bridgehead atoms. The van der Waals surface area contributed by atoms with Gasteiger partial charge in [0.15, 0.2) is 0 Å². The summed E-state index contributed by atoms with van der Waals surface area (Å²) in [5.41, 5.74) is 1.80. The summed E-state index contributed by atoms with van der Waals surface area (Å²) < 4.78 is 0. The zero-order valence-electron chi connectivity index (χ0n) is 18.3. The third-order valence-corrected chi connectivity index (χ3v) is 5.90. The molecule has 0 aromatic heterocycles. The van der Waals surface area contributed by atoms with Crippen molar-refractivity contribution in [3.05, 3.63) is 70.7 Å². The average molecular weight is 456 g/mol. The van der Waals surface area contributed by atoms with E-state index in [0.717, 1.165) is 12.8 Å². The van der Waals surface area contributed by atoms with Crippen LogP contribution in [-0.2, 0) is 16.0 Å². The molecule has 1 N–H and O–H groups in total. The van der Waals surface area contributed by atoms with Crippen molar-refractivity contribution in [1.82, 2.24) is 15.1 Å². The van der Waals surface area contributed by atoms with Crippen molar-refractivity contribution in [3.8, 4) is 0 Å². The Hall–Kier alpha value is -2.86. The Bertz CT molecular complexity index is 894. The molecule has 170 valence electrons. The number of rotatable bonds is 9. The molecule has 7 heteroatoms. The first-order chi connectivity index (χ1) is 15.5. The minimum atomic E-state index is -0.173. The van der Waals surface area contributed by atoms with Crippen molar-refractivity contribution >= 4 is 29.3 Å². The molecule has 0 radical (unpaired) electrons. The highest BCUT2D eigenvalue weighted by atomic mass is 35.5. The van der Waals surface area contributed by atoms with Crippen LogP contribution in [0.4, 0.5) is 0 Å². The molecule has 0 saturated carbocycles.